The molecule has 0 heterocycles. The van der Waals surface area contributed by atoms with Gasteiger partial charge >= 0.3 is 0 Å². The lowest BCUT2D eigenvalue weighted by molar-refractivity contribution is 0.408. The van der Waals surface area contributed by atoms with Crippen LogP contribution in [0.4, 0.5) is 0 Å². The van der Waals surface area contributed by atoms with E-state index in [1.807, 2.05) is 19.0 Å². The molecule has 70 valence electrons. The third kappa shape index (κ3) is 13.2. The molecule has 0 rings (SSSR count). The van der Waals surface area contributed by atoms with Crippen molar-refractivity contribution in [3.63, 3.8) is 0 Å². The number of hydrogen-bond acceptors (Lipinski definition) is 3. The molecule has 0 aromatic rings. The quantitative estimate of drug-likeness (QED) is 0.678. The fraction of sp³-hybridized carbons (Fsp3) is 1.00. The van der Waals surface area contributed by atoms with Crippen LogP contribution in [0.25, 0.3) is 0 Å². The Morgan fingerprint density at radius 3 is 2.09 bits per heavy atom. The van der Waals surface area contributed by atoms with Crippen molar-refractivity contribution in [1.82, 2.24) is 4.90 Å². The summed E-state index contributed by atoms with van der Waals surface area (Å²) in [7, 11) is 0.538. The van der Waals surface area contributed by atoms with Crippen molar-refractivity contribution in [3.05, 3.63) is 0 Å². The molecule has 0 saturated heterocycles. The fourth-order valence-electron chi connectivity index (χ4n) is 0.582. The lowest BCUT2D eigenvalue weighted by Gasteiger charge is -2.07. The Balaban J connectivity index is 0. The van der Waals surface area contributed by atoms with Crippen molar-refractivity contribution >= 4 is 22.4 Å². The summed E-state index contributed by atoms with van der Waals surface area (Å²) in [4.78, 5) is 1.92. The standard InChI is InChI=1S/C5H14N2O2S.ClH/c1-7(2)4-3-5-10(6,8)9;/h3-5H2,1-2H3,(H2,6,8,9);1H. The Bertz CT molecular complexity index is 179. The van der Waals surface area contributed by atoms with E-state index >= 15 is 0 Å². The molecule has 2 N–H and O–H groups in total. The summed E-state index contributed by atoms with van der Waals surface area (Å²) in [5.41, 5.74) is 0. The van der Waals surface area contributed by atoms with E-state index in [1.54, 1.807) is 0 Å². The van der Waals surface area contributed by atoms with E-state index < -0.39 is 10.0 Å². The van der Waals surface area contributed by atoms with Gasteiger partial charge in [0.15, 0.2) is 0 Å². The van der Waals surface area contributed by atoms with E-state index in [-0.39, 0.29) is 18.2 Å². The second-order valence-electron chi connectivity index (χ2n) is 2.52. The minimum absolute atomic E-state index is 0. The Morgan fingerprint density at radius 1 is 1.36 bits per heavy atom. The van der Waals surface area contributed by atoms with E-state index in [4.69, 9.17) is 5.14 Å². The van der Waals surface area contributed by atoms with Crippen LogP contribution in [0.3, 0.4) is 0 Å². The molecule has 11 heavy (non-hydrogen) atoms. The SMILES string of the molecule is CN(C)CCCS(N)(=O)=O.Cl. The predicted octanol–water partition coefficient (Wildman–Crippen LogP) is -0.352. The summed E-state index contributed by atoms with van der Waals surface area (Å²) in [5, 5.41) is 4.78. The zero-order chi connectivity index (χ0) is 8.20. The van der Waals surface area contributed by atoms with Gasteiger partial charge in [-0.25, -0.2) is 13.6 Å². The summed E-state index contributed by atoms with van der Waals surface area (Å²) in [6.45, 7) is 0.760. The van der Waals surface area contributed by atoms with E-state index in [2.05, 4.69) is 0 Å². The first-order valence-corrected chi connectivity index (χ1v) is 4.78. The average molecular weight is 203 g/mol. The van der Waals surface area contributed by atoms with Gasteiger partial charge in [-0.15, -0.1) is 12.4 Å². The molecule has 0 aromatic heterocycles. The molecule has 0 aliphatic carbocycles. The molecule has 0 amide bonds. The lowest BCUT2D eigenvalue weighted by Crippen LogP contribution is -2.21. The molecule has 0 saturated carbocycles. The summed E-state index contributed by atoms with van der Waals surface area (Å²) in [6, 6.07) is 0. The maximum absolute atomic E-state index is 10.4. The Kier molecular flexibility index (Phi) is 7.20. The zero-order valence-electron chi connectivity index (χ0n) is 6.78. The van der Waals surface area contributed by atoms with Crippen molar-refractivity contribution < 1.29 is 8.42 Å². The first-order valence-electron chi connectivity index (χ1n) is 3.07. The molecule has 0 fully saturated rings. The van der Waals surface area contributed by atoms with E-state index in [1.165, 1.54) is 0 Å². The Hall–Kier alpha value is 0.160. The van der Waals surface area contributed by atoms with Crippen LogP contribution >= 0.6 is 12.4 Å². The minimum Gasteiger partial charge on any atom is -0.309 e. The summed E-state index contributed by atoms with van der Waals surface area (Å²) in [6.07, 6.45) is 0.603. The van der Waals surface area contributed by atoms with E-state index in [9.17, 15) is 8.42 Å². The smallest absolute Gasteiger partial charge is 0.209 e. The van der Waals surface area contributed by atoms with Crippen LogP contribution in [0, 0.1) is 0 Å². The van der Waals surface area contributed by atoms with Gasteiger partial charge < -0.3 is 4.90 Å². The number of sulfonamides is 1. The highest BCUT2D eigenvalue weighted by molar-refractivity contribution is 7.89. The number of rotatable bonds is 4. The number of nitrogens with two attached hydrogens (primary N) is 1. The lowest BCUT2D eigenvalue weighted by atomic mass is 10.5. The monoisotopic (exact) mass is 202 g/mol. The Labute approximate surface area is 74.2 Å². The average Bonchev–Trinajstić information content (AvgIpc) is 1.59. The van der Waals surface area contributed by atoms with Gasteiger partial charge in [0, 0.05) is 0 Å². The highest BCUT2D eigenvalue weighted by Crippen LogP contribution is 1.86. The molecule has 0 aliphatic rings. The van der Waals surface area contributed by atoms with E-state index in [0.29, 0.717) is 6.42 Å². The number of hydrogen-bond donors (Lipinski definition) is 1. The maximum Gasteiger partial charge on any atom is 0.209 e. The van der Waals surface area contributed by atoms with Crippen LogP contribution in [0.15, 0.2) is 0 Å². The molecule has 0 unspecified atom stereocenters. The van der Waals surface area contributed by atoms with Gasteiger partial charge in [0.25, 0.3) is 0 Å². The molecule has 0 radical (unpaired) electrons. The van der Waals surface area contributed by atoms with Gasteiger partial charge in [0.1, 0.15) is 0 Å². The highest BCUT2D eigenvalue weighted by Gasteiger charge is 2.01. The predicted molar refractivity (Wildman–Crippen MR) is 48.4 cm³/mol. The summed E-state index contributed by atoms with van der Waals surface area (Å²) in [5.74, 6) is 0.0746. The molecule has 4 nitrogen and oxygen atoms in total. The first kappa shape index (κ1) is 13.7. The van der Waals surface area contributed by atoms with Gasteiger partial charge in [-0.2, -0.15) is 0 Å². The number of halogens is 1. The normalized spacial score (nSPS) is 11.3. The van der Waals surface area contributed by atoms with E-state index in [0.717, 1.165) is 6.54 Å². The number of primary sulfonamides is 1. The first-order chi connectivity index (χ1) is 4.42. The molecule has 0 aromatic carbocycles. The van der Waals surface area contributed by atoms with Gasteiger partial charge in [-0.1, -0.05) is 0 Å². The largest absolute Gasteiger partial charge is 0.309 e. The van der Waals surface area contributed by atoms with Crippen molar-refractivity contribution in [2.24, 2.45) is 5.14 Å². The second-order valence-corrected chi connectivity index (χ2v) is 4.26. The van der Waals surface area contributed by atoms with Crippen molar-refractivity contribution in [1.29, 1.82) is 0 Å². The zero-order valence-corrected chi connectivity index (χ0v) is 8.41. The van der Waals surface area contributed by atoms with Crippen LogP contribution < -0.4 is 5.14 Å². The molecule has 6 heteroatoms. The van der Waals surface area contributed by atoms with Gasteiger partial charge in [0.2, 0.25) is 10.0 Å². The molecule has 0 bridgehead atoms. The van der Waals surface area contributed by atoms with Crippen LogP contribution in [0.5, 0.6) is 0 Å². The van der Waals surface area contributed by atoms with Crippen LogP contribution in [-0.2, 0) is 10.0 Å². The fourth-order valence-corrected chi connectivity index (χ4v) is 1.11. The van der Waals surface area contributed by atoms with Crippen LogP contribution in [0.1, 0.15) is 6.42 Å². The number of nitrogens with zero attached hydrogens (tertiary/aromatic N) is 1. The summed E-state index contributed by atoms with van der Waals surface area (Å²) < 4.78 is 20.7. The third-order valence-electron chi connectivity index (χ3n) is 1.03. The van der Waals surface area contributed by atoms with Crippen LogP contribution in [0.2, 0.25) is 0 Å². The molecule has 0 atom stereocenters. The maximum atomic E-state index is 10.4. The highest BCUT2D eigenvalue weighted by atomic mass is 35.5. The molecular formula is C5H15ClN2O2S. The van der Waals surface area contributed by atoms with Crippen molar-refractivity contribution in [3.8, 4) is 0 Å². The molecule has 0 spiro atoms. The topological polar surface area (TPSA) is 63.4 Å². The van der Waals surface area contributed by atoms with Gasteiger partial charge in [0.05, 0.1) is 5.75 Å². The van der Waals surface area contributed by atoms with Crippen LogP contribution in [-0.4, -0.2) is 39.7 Å². The van der Waals surface area contributed by atoms with Crippen molar-refractivity contribution in [2.75, 3.05) is 26.4 Å². The Morgan fingerprint density at radius 2 is 1.82 bits per heavy atom. The second kappa shape index (κ2) is 5.77. The molecular weight excluding hydrogens is 188 g/mol. The van der Waals surface area contributed by atoms with Crippen molar-refractivity contribution in [2.45, 2.75) is 6.42 Å². The van der Waals surface area contributed by atoms with Gasteiger partial charge in [-0.3, -0.25) is 0 Å². The minimum atomic E-state index is -3.25. The molecule has 0 aliphatic heterocycles. The summed E-state index contributed by atoms with van der Waals surface area (Å²) >= 11 is 0. The van der Waals surface area contributed by atoms with Gasteiger partial charge in [-0.05, 0) is 27.1 Å². The third-order valence-corrected chi connectivity index (χ3v) is 1.89.